The Morgan fingerprint density at radius 3 is 2.71 bits per heavy atom. The number of hydrogen-bond donors (Lipinski definition) is 0. The maximum absolute atomic E-state index is 10.4. The minimum atomic E-state index is 0.000000000000000444. The SMILES string of the molecule is O=C1[N]CCC1Br. The minimum Gasteiger partial charge on any atom is -0.272 e. The third-order valence-corrected chi connectivity index (χ3v) is 1.77. The van der Waals surface area contributed by atoms with Gasteiger partial charge in [-0.3, -0.25) is 10.1 Å². The zero-order chi connectivity index (χ0) is 5.28. The van der Waals surface area contributed by atoms with Crippen molar-refractivity contribution >= 4 is 21.8 Å². The predicted molar refractivity (Wildman–Crippen MR) is 29.3 cm³/mol. The van der Waals surface area contributed by atoms with Crippen LogP contribution in [0.4, 0.5) is 0 Å². The number of halogens is 1. The highest BCUT2D eigenvalue weighted by Crippen LogP contribution is 2.09. The van der Waals surface area contributed by atoms with Gasteiger partial charge < -0.3 is 0 Å². The number of hydrogen-bond acceptors (Lipinski definition) is 1. The van der Waals surface area contributed by atoms with Crippen LogP contribution in [-0.4, -0.2) is 17.3 Å². The number of carbonyl (C=O) groups excluding carboxylic acids is 1. The van der Waals surface area contributed by atoms with Gasteiger partial charge in [0.25, 0.3) is 5.91 Å². The first-order chi connectivity index (χ1) is 3.30. The summed E-state index contributed by atoms with van der Waals surface area (Å²) < 4.78 is 0. The average molecular weight is 163 g/mol. The van der Waals surface area contributed by atoms with Crippen LogP contribution < -0.4 is 5.32 Å². The van der Waals surface area contributed by atoms with Crippen LogP contribution in [0.25, 0.3) is 0 Å². The molecule has 1 fully saturated rings. The number of rotatable bonds is 0. The first-order valence-electron chi connectivity index (χ1n) is 2.16. The summed E-state index contributed by atoms with van der Waals surface area (Å²) in [4.78, 5) is 10.4. The van der Waals surface area contributed by atoms with Crippen LogP contribution in [0, 0.1) is 0 Å². The van der Waals surface area contributed by atoms with Gasteiger partial charge in [0.2, 0.25) is 0 Å². The largest absolute Gasteiger partial charge is 0.272 e. The average Bonchev–Trinajstić information content (AvgIpc) is 1.91. The third-order valence-electron chi connectivity index (χ3n) is 0.918. The molecule has 1 heterocycles. The highest BCUT2D eigenvalue weighted by Gasteiger charge is 2.21. The Labute approximate surface area is 50.4 Å². The van der Waals surface area contributed by atoms with Crippen LogP contribution in [0.1, 0.15) is 6.42 Å². The van der Waals surface area contributed by atoms with E-state index in [2.05, 4.69) is 21.2 Å². The first kappa shape index (κ1) is 5.09. The number of nitrogens with zero attached hydrogens (tertiary/aromatic N) is 1. The second-order valence-electron chi connectivity index (χ2n) is 1.48. The Bertz CT molecular complexity index is 93.7. The van der Waals surface area contributed by atoms with E-state index < -0.39 is 0 Å². The van der Waals surface area contributed by atoms with Crippen LogP contribution >= 0.6 is 15.9 Å². The summed E-state index contributed by atoms with van der Waals surface area (Å²) >= 11 is 3.16. The van der Waals surface area contributed by atoms with Gasteiger partial charge in [0.1, 0.15) is 0 Å². The summed E-state index contributed by atoms with van der Waals surface area (Å²) in [5.41, 5.74) is 0. The Hall–Kier alpha value is -0.0500. The van der Waals surface area contributed by atoms with Crippen molar-refractivity contribution in [1.29, 1.82) is 0 Å². The molecular weight excluding hydrogens is 158 g/mol. The molecule has 1 atom stereocenters. The summed E-state index contributed by atoms with van der Waals surface area (Å²) in [6.07, 6.45) is 0.874. The third kappa shape index (κ3) is 0.938. The Kier molecular flexibility index (Phi) is 1.32. The maximum atomic E-state index is 10.4. The monoisotopic (exact) mass is 162 g/mol. The van der Waals surface area contributed by atoms with Gasteiger partial charge in [-0.25, -0.2) is 0 Å². The van der Waals surface area contributed by atoms with Crippen molar-refractivity contribution in [2.24, 2.45) is 0 Å². The molecular formula is C4H5BrNO. The van der Waals surface area contributed by atoms with Crippen molar-refractivity contribution in [3.8, 4) is 0 Å². The van der Waals surface area contributed by atoms with Crippen molar-refractivity contribution in [3.63, 3.8) is 0 Å². The molecule has 1 aliphatic heterocycles. The molecule has 1 saturated heterocycles. The van der Waals surface area contributed by atoms with E-state index in [4.69, 9.17) is 0 Å². The van der Waals surface area contributed by atoms with E-state index in [1.165, 1.54) is 0 Å². The van der Waals surface area contributed by atoms with Crippen molar-refractivity contribution in [1.82, 2.24) is 5.32 Å². The molecule has 0 bridgehead atoms. The molecule has 0 N–H and O–H groups in total. The fraction of sp³-hybridized carbons (Fsp3) is 0.750. The lowest BCUT2D eigenvalue weighted by Crippen LogP contribution is -2.11. The summed E-state index contributed by atoms with van der Waals surface area (Å²) in [7, 11) is 0. The van der Waals surface area contributed by atoms with E-state index >= 15 is 0 Å². The highest BCUT2D eigenvalue weighted by atomic mass is 79.9. The van der Waals surface area contributed by atoms with Gasteiger partial charge in [-0.2, -0.15) is 0 Å². The zero-order valence-electron chi connectivity index (χ0n) is 3.72. The molecule has 1 aliphatic rings. The van der Waals surface area contributed by atoms with E-state index in [9.17, 15) is 4.79 Å². The smallest absolute Gasteiger partial charge is 0.254 e. The molecule has 0 saturated carbocycles. The van der Waals surface area contributed by atoms with E-state index in [1.54, 1.807) is 0 Å². The predicted octanol–water partition coefficient (Wildman–Crippen LogP) is 0.285. The van der Waals surface area contributed by atoms with Gasteiger partial charge in [0, 0.05) is 6.54 Å². The van der Waals surface area contributed by atoms with Crippen LogP contribution in [0.15, 0.2) is 0 Å². The van der Waals surface area contributed by atoms with Gasteiger partial charge in [-0.15, -0.1) is 0 Å². The van der Waals surface area contributed by atoms with Crippen molar-refractivity contribution in [2.45, 2.75) is 11.2 Å². The molecule has 3 heteroatoms. The topological polar surface area (TPSA) is 31.2 Å². The van der Waals surface area contributed by atoms with Gasteiger partial charge in [0.15, 0.2) is 0 Å². The lowest BCUT2D eigenvalue weighted by atomic mass is 10.4. The van der Waals surface area contributed by atoms with Crippen molar-refractivity contribution in [3.05, 3.63) is 0 Å². The van der Waals surface area contributed by atoms with Gasteiger partial charge in [-0.1, -0.05) is 15.9 Å². The van der Waals surface area contributed by atoms with Crippen LogP contribution in [-0.2, 0) is 4.79 Å². The van der Waals surface area contributed by atoms with Crippen LogP contribution in [0.2, 0.25) is 0 Å². The number of amides is 1. The van der Waals surface area contributed by atoms with Gasteiger partial charge >= 0.3 is 0 Å². The van der Waals surface area contributed by atoms with Crippen molar-refractivity contribution < 1.29 is 4.79 Å². The van der Waals surface area contributed by atoms with E-state index in [0.29, 0.717) is 6.54 Å². The molecule has 1 radical (unpaired) electrons. The number of alkyl halides is 1. The molecule has 0 spiro atoms. The molecule has 0 aliphatic carbocycles. The standard InChI is InChI=1S/C4H5BrNO/c5-3-1-2-6-4(3)7/h3H,1-2H2. The fourth-order valence-corrected chi connectivity index (χ4v) is 0.860. The minimum absolute atomic E-state index is 0.000000000000000444. The highest BCUT2D eigenvalue weighted by molar-refractivity contribution is 9.10. The van der Waals surface area contributed by atoms with Gasteiger partial charge in [-0.05, 0) is 6.42 Å². The molecule has 1 rings (SSSR count). The Morgan fingerprint density at radius 2 is 2.57 bits per heavy atom. The van der Waals surface area contributed by atoms with E-state index in [1.807, 2.05) is 0 Å². The first-order valence-corrected chi connectivity index (χ1v) is 3.07. The molecule has 39 valence electrons. The van der Waals surface area contributed by atoms with Crippen molar-refractivity contribution in [2.75, 3.05) is 6.54 Å². The number of carbonyl (C=O) groups is 1. The zero-order valence-corrected chi connectivity index (χ0v) is 5.31. The lowest BCUT2D eigenvalue weighted by molar-refractivity contribution is -0.118. The molecule has 0 aromatic carbocycles. The molecule has 1 unspecified atom stereocenters. The Balaban J connectivity index is 2.48. The fourth-order valence-electron chi connectivity index (χ4n) is 0.511. The summed E-state index contributed by atoms with van der Waals surface area (Å²) in [5.74, 6) is 0.000000000000000444. The molecule has 7 heavy (non-hydrogen) atoms. The van der Waals surface area contributed by atoms with Crippen LogP contribution in [0.5, 0.6) is 0 Å². The molecule has 0 aromatic rings. The molecule has 1 amide bonds. The normalized spacial score (nSPS) is 30.4. The molecule has 0 aromatic heterocycles. The second-order valence-corrected chi connectivity index (χ2v) is 2.58. The summed E-state index contributed by atoms with van der Waals surface area (Å²) in [5, 5.41) is 3.63. The van der Waals surface area contributed by atoms with E-state index in [0.717, 1.165) is 6.42 Å². The summed E-state index contributed by atoms with van der Waals surface area (Å²) in [6, 6.07) is 0. The second kappa shape index (κ2) is 1.82. The Morgan fingerprint density at radius 1 is 1.86 bits per heavy atom. The van der Waals surface area contributed by atoms with Crippen LogP contribution in [0.3, 0.4) is 0 Å². The molecule has 2 nitrogen and oxygen atoms in total. The van der Waals surface area contributed by atoms with Gasteiger partial charge in [0.05, 0.1) is 4.83 Å². The summed E-state index contributed by atoms with van der Waals surface area (Å²) in [6.45, 7) is 0.703. The maximum Gasteiger partial charge on any atom is 0.254 e. The lowest BCUT2D eigenvalue weighted by Gasteiger charge is -1.86. The quantitative estimate of drug-likeness (QED) is 0.472. The van der Waals surface area contributed by atoms with E-state index in [-0.39, 0.29) is 10.7 Å².